The van der Waals surface area contributed by atoms with Gasteiger partial charge in [0.25, 0.3) is 0 Å². The highest BCUT2D eigenvalue weighted by atomic mass is 16.2. The molecule has 19 heavy (non-hydrogen) atoms. The molecule has 2 rings (SSSR count). The Labute approximate surface area is 114 Å². The lowest BCUT2D eigenvalue weighted by atomic mass is 10.0. The standard InChI is InChI=1S/C15H19N3O/c1-10-4-5-13(8-11(10)2)18-9-12(3)17-14(6-7-16)15(18)19/h4-5,8,12,14,17H,6,9H2,1-3H3. The summed E-state index contributed by atoms with van der Waals surface area (Å²) in [5.74, 6) is -0.0112. The van der Waals surface area contributed by atoms with Gasteiger partial charge in [-0.05, 0) is 44.0 Å². The number of carbonyl (C=O) groups is 1. The van der Waals surface area contributed by atoms with Gasteiger partial charge < -0.3 is 10.2 Å². The number of rotatable bonds is 2. The molecule has 1 saturated heterocycles. The molecule has 2 unspecified atom stereocenters. The molecule has 1 heterocycles. The van der Waals surface area contributed by atoms with Gasteiger partial charge in [-0.3, -0.25) is 4.79 Å². The van der Waals surface area contributed by atoms with Crippen LogP contribution in [0.25, 0.3) is 0 Å². The van der Waals surface area contributed by atoms with Crippen molar-refractivity contribution >= 4 is 11.6 Å². The Hall–Kier alpha value is -1.86. The summed E-state index contributed by atoms with van der Waals surface area (Å²) in [7, 11) is 0. The molecule has 1 N–H and O–H groups in total. The number of hydrogen-bond donors (Lipinski definition) is 1. The first kappa shape index (κ1) is 13.6. The van der Waals surface area contributed by atoms with E-state index >= 15 is 0 Å². The van der Waals surface area contributed by atoms with Gasteiger partial charge in [-0.15, -0.1) is 0 Å². The maximum absolute atomic E-state index is 12.4. The van der Waals surface area contributed by atoms with E-state index in [1.54, 1.807) is 4.90 Å². The zero-order chi connectivity index (χ0) is 14.0. The van der Waals surface area contributed by atoms with E-state index in [-0.39, 0.29) is 18.4 Å². The number of nitrogens with zero attached hydrogens (tertiary/aromatic N) is 2. The Bertz CT molecular complexity index is 533. The third kappa shape index (κ3) is 2.77. The van der Waals surface area contributed by atoms with E-state index in [4.69, 9.17) is 5.26 Å². The van der Waals surface area contributed by atoms with E-state index in [0.29, 0.717) is 6.54 Å². The van der Waals surface area contributed by atoms with E-state index in [9.17, 15) is 4.79 Å². The summed E-state index contributed by atoms with van der Waals surface area (Å²) in [6, 6.07) is 7.91. The molecule has 1 aromatic rings. The molecular weight excluding hydrogens is 238 g/mol. The zero-order valence-corrected chi connectivity index (χ0v) is 11.6. The zero-order valence-electron chi connectivity index (χ0n) is 11.6. The van der Waals surface area contributed by atoms with Crippen LogP contribution in [0.3, 0.4) is 0 Å². The van der Waals surface area contributed by atoms with Gasteiger partial charge in [-0.25, -0.2) is 0 Å². The topological polar surface area (TPSA) is 56.1 Å². The SMILES string of the molecule is Cc1ccc(N2CC(C)NC(CC#N)C2=O)cc1C. The van der Waals surface area contributed by atoms with Gasteiger partial charge in [0.2, 0.25) is 5.91 Å². The van der Waals surface area contributed by atoms with Gasteiger partial charge in [0.15, 0.2) is 0 Å². The Morgan fingerprint density at radius 3 is 2.79 bits per heavy atom. The summed E-state index contributed by atoms with van der Waals surface area (Å²) < 4.78 is 0. The van der Waals surface area contributed by atoms with E-state index < -0.39 is 6.04 Å². The summed E-state index contributed by atoms with van der Waals surface area (Å²) in [6.07, 6.45) is 0.213. The molecule has 0 spiro atoms. The van der Waals surface area contributed by atoms with E-state index in [1.165, 1.54) is 11.1 Å². The van der Waals surface area contributed by atoms with Crippen LogP contribution < -0.4 is 10.2 Å². The molecule has 0 aliphatic carbocycles. The summed E-state index contributed by atoms with van der Waals surface area (Å²) in [6.45, 7) is 6.77. The minimum absolute atomic E-state index is 0.0112. The highest BCUT2D eigenvalue weighted by Crippen LogP contribution is 2.22. The normalized spacial score (nSPS) is 23.3. The number of aryl methyl sites for hydroxylation is 2. The minimum Gasteiger partial charge on any atom is -0.309 e. The van der Waals surface area contributed by atoms with Gasteiger partial charge in [-0.2, -0.15) is 5.26 Å². The van der Waals surface area contributed by atoms with Crippen LogP contribution in [0.15, 0.2) is 18.2 Å². The van der Waals surface area contributed by atoms with Crippen molar-refractivity contribution < 1.29 is 4.79 Å². The average Bonchev–Trinajstić information content (AvgIpc) is 2.37. The fraction of sp³-hybridized carbons (Fsp3) is 0.467. The average molecular weight is 257 g/mol. The van der Waals surface area contributed by atoms with Crippen LogP contribution in [0.5, 0.6) is 0 Å². The molecule has 1 amide bonds. The molecule has 100 valence electrons. The first-order valence-electron chi connectivity index (χ1n) is 6.54. The Balaban J connectivity index is 2.29. The largest absolute Gasteiger partial charge is 0.309 e. The Morgan fingerprint density at radius 2 is 2.16 bits per heavy atom. The monoisotopic (exact) mass is 257 g/mol. The molecule has 4 nitrogen and oxygen atoms in total. The van der Waals surface area contributed by atoms with Crippen LogP contribution in [0.1, 0.15) is 24.5 Å². The molecule has 0 aromatic heterocycles. The summed E-state index contributed by atoms with van der Waals surface area (Å²) in [4.78, 5) is 14.2. The molecule has 1 aliphatic heterocycles. The number of nitriles is 1. The van der Waals surface area contributed by atoms with Crippen LogP contribution in [-0.4, -0.2) is 24.5 Å². The van der Waals surface area contributed by atoms with E-state index in [0.717, 1.165) is 5.69 Å². The van der Waals surface area contributed by atoms with Crippen LogP contribution >= 0.6 is 0 Å². The number of nitrogens with one attached hydrogen (secondary N) is 1. The lowest BCUT2D eigenvalue weighted by molar-refractivity contribution is -0.122. The second-order valence-corrected chi connectivity index (χ2v) is 5.20. The minimum atomic E-state index is -0.393. The van der Waals surface area contributed by atoms with Gasteiger partial charge in [-0.1, -0.05) is 6.07 Å². The lowest BCUT2D eigenvalue weighted by Crippen LogP contribution is -2.59. The van der Waals surface area contributed by atoms with Crippen molar-refractivity contribution in [3.8, 4) is 6.07 Å². The molecular formula is C15H19N3O. The second-order valence-electron chi connectivity index (χ2n) is 5.20. The van der Waals surface area contributed by atoms with E-state index in [1.807, 2.05) is 32.0 Å². The molecule has 2 atom stereocenters. The molecule has 1 aromatic carbocycles. The molecule has 4 heteroatoms. The fourth-order valence-corrected chi connectivity index (χ4v) is 2.38. The first-order chi connectivity index (χ1) is 9.02. The lowest BCUT2D eigenvalue weighted by Gasteiger charge is -2.36. The fourth-order valence-electron chi connectivity index (χ4n) is 2.38. The molecule has 0 radical (unpaired) electrons. The van der Waals surface area contributed by atoms with Crippen LogP contribution in [0, 0.1) is 25.2 Å². The second kappa shape index (κ2) is 5.41. The van der Waals surface area contributed by atoms with Gasteiger partial charge in [0.05, 0.1) is 12.5 Å². The molecule has 0 bridgehead atoms. The summed E-state index contributed by atoms with van der Waals surface area (Å²) in [5, 5.41) is 12.0. The van der Waals surface area contributed by atoms with Crippen molar-refractivity contribution in [2.75, 3.05) is 11.4 Å². The highest BCUT2D eigenvalue weighted by molar-refractivity contribution is 5.98. The highest BCUT2D eigenvalue weighted by Gasteiger charge is 2.32. The van der Waals surface area contributed by atoms with Crippen molar-refractivity contribution in [1.29, 1.82) is 5.26 Å². The van der Waals surface area contributed by atoms with Crippen LogP contribution in [0.2, 0.25) is 0 Å². The van der Waals surface area contributed by atoms with E-state index in [2.05, 4.69) is 18.3 Å². The quantitative estimate of drug-likeness (QED) is 0.880. The number of amides is 1. The number of benzene rings is 1. The molecule has 1 aliphatic rings. The Kier molecular flexibility index (Phi) is 3.87. The maximum Gasteiger partial charge on any atom is 0.245 e. The number of carbonyl (C=O) groups excluding carboxylic acids is 1. The van der Waals surface area contributed by atoms with Gasteiger partial charge in [0.1, 0.15) is 6.04 Å². The number of anilines is 1. The van der Waals surface area contributed by atoms with Crippen molar-refractivity contribution in [3.63, 3.8) is 0 Å². The maximum atomic E-state index is 12.4. The third-order valence-corrected chi connectivity index (χ3v) is 3.60. The van der Waals surface area contributed by atoms with Crippen molar-refractivity contribution in [3.05, 3.63) is 29.3 Å². The predicted molar refractivity (Wildman–Crippen MR) is 74.9 cm³/mol. The van der Waals surface area contributed by atoms with Crippen molar-refractivity contribution in [1.82, 2.24) is 5.32 Å². The Morgan fingerprint density at radius 1 is 1.42 bits per heavy atom. The number of hydrogen-bond acceptors (Lipinski definition) is 3. The first-order valence-corrected chi connectivity index (χ1v) is 6.54. The predicted octanol–water partition coefficient (Wildman–Crippen LogP) is 1.91. The summed E-state index contributed by atoms with van der Waals surface area (Å²) in [5.41, 5.74) is 3.31. The number of piperazine rings is 1. The third-order valence-electron chi connectivity index (χ3n) is 3.60. The van der Waals surface area contributed by atoms with Crippen molar-refractivity contribution in [2.45, 2.75) is 39.3 Å². The van der Waals surface area contributed by atoms with Gasteiger partial charge >= 0.3 is 0 Å². The summed E-state index contributed by atoms with van der Waals surface area (Å²) >= 11 is 0. The smallest absolute Gasteiger partial charge is 0.245 e. The van der Waals surface area contributed by atoms with Crippen LogP contribution in [0.4, 0.5) is 5.69 Å². The molecule has 0 saturated carbocycles. The van der Waals surface area contributed by atoms with Gasteiger partial charge in [0, 0.05) is 18.3 Å². The van der Waals surface area contributed by atoms with Crippen LogP contribution in [-0.2, 0) is 4.79 Å². The van der Waals surface area contributed by atoms with Crippen molar-refractivity contribution in [2.24, 2.45) is 0 Å². The molecule has 1 fully saturated rings.